The number of esters is 1. The summed E-state index contributed by atoms with van der Waals surface area (Å²) in [5, 5.41) is 67.8. The Hall–Kier alpha value is -6.01. The van der Waals surface area contributed by atoms with Gasteiger partial charge in [0.2, 0.25) is 0 Å². The number of rotatable bonds is 4. The number of aliphatic hydroxyl groups is 2. The summed E-state index contributed by atoms with van der Waals surface area (Å²) < 4.78 is 24.0. The van der Waals surface area contributed by atoms with Crippen LogP contribution in [0.2, 0.25) is 0 Å². The lowest BCUT2D eigenvalue weighted by atomic mass is 9.78. The number of aliphatic hydroxyl groups excluding tert-OH is 2. The van der Waals surface area contributed by atoms with Crippen molar-refractivity contribution >= 4 is 34.1 Å². The van der Waals surface area contributed by atoms with E-state index < -0.39 is 82.9 Å². The lowest BCUT2D eigenvalue weighted by molar-refractivity contribution is -0.160. The first-order valence-corrected chi connectivity index (χ1v) is 23.5. The topological polar surface area (TPSA) is 249 Å². The van der Waals surface area contributed by atoms with Crippen molar-refractivity contribution in [1.29, 1.82) is 0 Å². The second kappa shape index (κ2) is 20.9. The molecule has 17 heteroatoms. The predicted octanol–water partition coefficient (Wildman–Crippen LogP) is 5.85. The zero-order valence-electron chi connectivity index (χ0n) is 41.3. The van der Waals surface area contributed by atoms with Crippen LogP contribution in [0.3, 0.4) is 0 Å². The number of nitrogens with one attached hydrogen (secondary N) is 1. The van der Waals surface area contributed by atoms with Gasteiger partial charge in [-0.15, -0.1) is 0 Å². The number of anilines is 1. The number of fused-ring (bicyclic) bond motifs is 1. The number of ketones is 1. The van der Waals surface area contributed by atoms with Crippen LogP contribution in [0.25, 0.3) is 10.8 Å². The average molecular weight is 957 g/mol. The van der Waals surface area contributed by atoms with Gasteiger partial charge in [0.15, 0.2) is 5.75 Å². The molecule has 3 aromatic rings. The van der Waals surface area contributed by atoms with E-state index in [1.54, 1.807) is 65.8 Å². The van der Waals surface area contributed by atoms with E-state index in [-0.39, 0.29) is 61.2 Å². The van der Waals surface area contributed by atoms with Gasteiger partial charge in [0.1, 0.15) is 45.5 Å². The predicted molar refractivity (Wildman–Crippen MR) is 257 cm³/mol. The minimum Gasteiger partial charge on any atom is -0.508 e. The molecule has 374 valence electrons. The van der Waals surface area contributed by atoms with Gasteiger partial charge in [0.25, 0.3) is 11.7 Å². The van der Waals surface area contributed by atoms with E-state index in [9.17, 15) is 34.8 Å². The number of Topliss-reactive ketones (excluding diaryl/α,β-unsaturated/α-hetero) is 1. The molecule has 0 saturated carbocycles. The zero-order chi connectivity index (χ0) is 50.9. The van der Waals surface area contributed by atoms with Gasteiger partial charge in [-0.1, -0.05) is 59.8 Å². The van der Waals surface area contributed by atoms with E-state index in [0.29, 0.717) is 24.4 Å². The van der Waals surface area contributed by atoms with Crippen LogP contribution in [-0.2, 0) is 23.8 Å². The van der Waals surface area contributed by atoms with E-state index in [1.165, 1.54) is 51.5 Å². The van der Waals surface area contributed by atoms with Crippen molar-refractivity contribution in [2.24, 2.45) is 39.6 Å². The molecule has 4 aliphatic heterocycles. The number of aromatic hydroxyl groups is 4. The molecule has 7 rings (SSSR count). The fourth-order valence-electron chi connectivity index (χ4n) is 9.69. The van der Waals surface area contributed by atoms with Crippen LogP contribution < -0.4 is 20.8 Å². The molecule has 9 atom stereocenters. The van der Waals surface area contributed by atoms with Gasteiger partial charge in [-0.05, 0) is 50.1 Å². The van der Waals surface area contributed by atoms with E-state index >= 15 is 0 Å². The number of benzene rings is 3. The maximum atomic E-state index is 14.7. The Labute approximate surface area is 402 Å². The third kappa shape index (κ3) is 10.8. The van der Waals surface area contributed by atoms with Gasteiger partial charge in [-0.25, -0.2) is 4.99 Å². The minimum atomic E-state index is -1.95. The number of likely N-dealkylation sites (tertiary alicyclic amines) is 1. The molecule has 0 unspecified atom stereocenters. The molecule has 1 fully saturated rings. The number of phenolic OH excluding ortho intramolecular Hbond substituents is 4. The standard InChI is InChI=1S/C46H62N4O11.C6H6O2/c1-22(2)21-50-18-16-46(17-19-50)48-34-31-32-39(54)28(8)42-33(31)43(56)45(10,61-42)59-20-15-30(58-11)25(5)41(60-29(9)51)27(7)38(53)26(6)37(52)23(3)13-12-14-24(4)44(57)47-36(40(32)55)35(34)49-46;7-5-1-2-6(8)4-3-5/h12-15,20,22-23,25-27,30,37-38,41,48,52-55H,16-19,21H2,1-11H3;1-4,7-8H/b13-12+,20-15+,24-14-,47-36?;/t23-,25+,26+,27+,30-,37-,38+,41+,45-;/m0./s1. The number of ether oxygens (including phenoxy) is 4. The van der Waals surface area contributed by atoms with Crippen molar-refractivity contribution in [2.75, 3.05) is 32.1 Å². The van der Waals surface area contributed by atoms with Crippen molar-refractivity contribution in [3.05, 3.63) is 82.2 Å². The molecule has 0 radical (unpaired) electrons. The molecule has 1 spiro atoms. The number of allylic oxidation sites excluding steroid dienone is 2. The summed E-state index contributed by atoms with van der Waals surface area (Å²) in [5.41, 5.74) is -0.111. The van der Waals surface area contributed by atoms with Gasteiger partial charge < -0.3 is 59.8 Å². The molecule has 69 heavy (non-hydrogen) atoms. The van der Waals surface area contributed by atoms with Crippen LogP contribution in [-0.4, -0.2) is 116 Å². The van der Waals surface area contributed by atoms with Crippen LogP contribution in [0, 0.1) is 36.5 Å². The molecule has 1 saturated heterocycles. The summed E-state index contributed by atoms with van der Waals surface area (Å²) in [4.78, 5) is 52.9. The number of carbonyl (C=O) groups is 3. The van der Waals surface area contributed by atoms with Crippen LogP contribution in [0.4, 0.5) is 5.69 Å². The quantitative estimate of drug-likeness (QED) is 0.120. The molecule has 17 nitrogen and oxygen atoms in total. The smallest absolute Gasteiger partial charge is 0.312 e. The number of phenols is 4. The van der Waals surface area contributed by atoms with E-state index in [0.717, 1.165) is 19.6 Å². The number of piperidine rings is 1. The van der Waals surface area contributed by atoms with Crippen LogP contribution in [0.15, 0.2) is 70.4 Å². The lowest BCUT2D eigenvalue weighted by Gasteiger charge is -2.38. The zero-order valence-corrected chi connectivity index (χ0v) is 41.3. The molecule has 4 aliphatic rings. The minimum absolute atomic E-state index is 0.0538. The summed E-state index contributed by atoms with van der Waals surface area (Å²) in [7, 11) is 1.47. The second-order valence-corrected chi connectivity index (χ2v) is 19.5. The first-order chi connectivity index (χ1) is 32.4. The van der Waals surface area contributed by atoms with Crippen LogP contribution in [0.1, 0.15) is 91.1 Å². The maximum Gasteiger partial charge on any atom is 0.312 e. The van der Waals surface area contributed by atoms with Crippen molar-refractivity contribution < 1.29 is 64.0 Å². The van der Waals surface area contributed by atoms with Crippen LogP contribution in [0.5, 0.6) is 28.7 Å². The molecule has 4 heterocycles. The van der Waals surface area contributed by atoms with E-state index in [1.807, 2.05) is 0 Å². The fourth-order valence-corrected chi connectivity index (χ4v) is 9.69. The first kappa shape index (κ1) is 52.4. The summed E-state index contributed by atoms with van der Waals surface area (Å²) >= 11 is 0. The summed E-state index contributed by atoms with van der Waals surface area (Å²) in [5.74, 6) is -6.23. The molecule has 3 aromatic carbocycles. The fraction of sp³-hybridized carbons (Fsp3) is 0.519. The highest BCUT2D eigenvalue weighted by molar-refractivity contribution is 6.21. The highest BCUT2D eigenvalue weighted by atomic mass is 16.7. The number of methoxy groups -OCH3 is 1. The molecule has 4 bridgehead atoms. The third-order valence-electron chi connectivity index (χ3n) is 13.8. The van der Waals surface area contributed by atoms with Crippen molar-refractivity contribution in [3.8, 4) is 28.7 Å². The van der Waals surface area contributed by atoms with Crippen LogP contribution >= 0.6 is 0 Å². The lowest BCUT2D eigenvalue weighted by Crippen LogP contribution is -2.47. The summed E-state index contributed by atoms with van der Waals surface area (Å²) in [6, 6.07) is 5.70. The van der Waals surface area contributed by atoms with Gasteiger partial charge in [-0.2, -0.15) is 0 Å². The number of nitrogens with zero attached hydrogens (tertiary/aromatic N) is 3. The summed E-state index contributed by atoms with van der Waals surface area (Å²) in [6.07, 6.45) is 5.07. The summed E-state index contributed by atoms with van der Waals surface area (Å²) in [6.45, 7) is 19.6. The third-order valence-corrected chi connectivity index (χ3v) is 13.8. The normalized spacial score (nSPS) is 29.9. The number of amides is 1. The molecular formula is C52H68N4O13. The highest BCUT2D eigenvalue weighted by Crippen LogP contribution is 2.51. The van der Waals surface area contributed by atoms with Crippen molar-refractivity contribution in [3.63, 3.8) is 0 Å². The van der Waals surface area contributed by atoms with Gasteiger partial charge >= 0.3 is 11.8 Å². The Morgan fingerprint density at radius 1 is 0.899 bits per heavy atom. The first-order valence-electron chi connectivity index (χ1n) is 23.5. The molecule has 7 N–H and O–H groups in total. The Bertz CT molecular complexity index is 2630. The Balaban J connectivity index is 0.000000886. The molecule has 1 amide bonds. The maximum absolute atomic E-state index is 14.7. The second-order valence-electron chi connectivity index (χ2n) is 19.5. The Morgan fingerprint density at radius 2 is 1.52 bits per heavy atom. The van der Waals surface area contributed by atoms with Crippen molar-refractivity contribution in [2.45, 2.75) is 118 Å². The monoisotopic (exact) mass is 956 g/mol. The van der Waals surface area contributed by atoms with E-state index in [4.69, 9.17) is 34.2 Å². The molecule has 0 aromatic heterocycles. The van der Waals surface area contributed by atoms with Gasteiger partial charge in [0.05, 0.1) is 41.2 Å². The van der Waals surface area contributed by atoms with Gasteiger partial charge in [0, 0.05) is 93.6 Å². The Kier molecular flexibility index (Phi) is 15.9. The number of hydrogen-bond acceptors (Lipinski definition) is 16. The van der Waals surface area contributed by atoms with Gasteiger partial charge in [-0.3, -0.25) is 19.4 Å². The molecular weight excluding hydrogens is 889 g/mol. The van der Waals surface area contributed by atoms with E-state index in [2.05, 4.69) is 29.1 Å². The number of hydrogen-bond donors (Lipinski definition) is 7. The van der Waals surface area contributed by atoms with Crippen molar-refractivity contribution in [1.82, 2.24) is 4.90 Å². The SMILES string of the molecule is CO[C@H]1/C=C/O[C@@]2(C)Oc3c(C)c(O)c4c(O)c(c5c(c4c3C2=O)NC2(CCN(CC(C)C)CC2)N=5)=NC(=O)/C(C)=C\C=C\[C@H](C)[C@H](O)[C@@H](C)[C@@H](O)[C@@H](C)[C@H](OC(C)=O)[C@@H]1C.Oc1ccc(O)cc1. The highest BCUT2D eigenvalue weighted by Gasteiger charge is 2.51. The molecule has 0 aliphatic carbocycles. The number of carbonyl (C=O) groups excluding carboxylic acids is 3. The Morgan fingerprint density at radius 3 is 2.10 bits per heavy atom. The largest absolute Gasteiger partial charge is 0.508 e. The average Bonchev–Trinajstić information content (AvgIpc) is 3.80.